The van der Waals surface area contributed by atoms with Crippen LogP contribution in [0.15, 0.2) is 12.1 Å². The quantitative estimate of drug-likeness (QED) is 0.926. The molecule has 1 aromatic carbocycles. The predicted molar refractivity (Wildman–Crippen MR) is 83.8 cm³/mol. The van der Waals surface area contributed by atoms with Crippen LogP contribution in [0.1, 0.15) is 36.2 Å². The van der Waals surface area contributed by atoms with E-state index in [-0.39, 0.29) is 18.0 Å². The standard InChI is InChI=1S/C15H20Cl2N2O/c1-9(2)19(11-6-7-18-8-11)15(20)12-4-5-13(16)14(17)10(12)3/h4-5,9,11,18H,6-8H2,1-3H3. The highest BCUT2D eigenvalue weighted by Crippen LogP contribution is 2.29. The molecule has 3 nitrogen and oxygen atoms in total. The summed E-state index contributed by atoms with van der Waals surface area (Å²) in [5.74, 6) is 0.0322. The third kappa shape index (κ3) is 2.95. The van der Waals surface area contributed by atoms with E-state index in [0.29, 0.717) is 15.6 Å². The van der Waals surface area contributed by atoms with E-state index in [0.717, 1.165) is 25.1 Å². The van der Waals surface area contributed by atoms with Crippen LogP contribution < -0.4 is 5.32 Å². The third-order valence-corrected chi connectivity index (χ3v) is 4.69. The van der Waals surface area contributed by atoms with Crippen LogP contribution in [0.5, 0.6) is 0 Å². The van der Waals surface area contributed by atoms with E-state index in [1.165, 1.54) is 0 Å². The maximum absolute atomic E-state index is 12.9. The molecule has 0 saturated carbocycles. The van der Waals surface area contributed by atoms with Crippen LogP contribution in [-0.4, -0.2) is 36.0 Å². The zero-order valence-corrected chi connectivity index (χ0v) is 13.6. The van der Waals surface area contributed by atoms with Gasteiger partial charge in [-0.05, 0) is 51.4 Å². The van der Waals surface area contributed by atoms with Gasteiger partial charge in [0.1, 0.15) is 0 Å². The lowest BCUT2D eigenvalue weighted by molar-refractivity contribution is 0.0626. The molecule has 110 valence electrons. The van der Waals surface area contributed by atoms with Gasteiger partial charge in [-0.3, -0.25) is 4.79 Å². The van der Waals surface area contributed by atoms with Gasteiger partial charge in [-0.15, -0.1) is 0 Å². The molecule has 0 aliphatic carbocycles. The Labute approximate surface area is 130 Å². The lowest BCUT2D eigenvalue weighted by Gasteiger charge is -2.33. The van der Waals surface area contributed by atoms with Crippen LogP contribution in [0.4, 0.5) is 0 Å². The van der Waals surface area contributed by atoms with Crippen molar-refractivity contribution in [1.82, 2.24) is 10.2 Å². The van der Waals surface area contributed by atoms with Gasteiger partial charge in [0, 0.05) is 24.2 Å². The molecule has 20 heavy (non-hydrogen) atoms. The van der Waals surface area contributed by atoms with Gasteiger partial charge in [-0.25, -0.2) is 0 Å². The van der Waals surface area contributed by atoms with Gasteiger partial charge in [-0.2, -0.15) is 0 Å². The molecule has 0 aromatic heterocycles. The van der Waals surface area contributed by atoms with E-state index in [1.807, 2.05) is 25.7 Å². The lowest BCUT2D eigenvalue weighted by atomic mass is 10.0. The normalized spacial score (nSPS) is 18.6. The SMILES string of the molecule is Cc1c(C(=O)N(C(C)C)C2CCNC2)ccc(Cl)c1Cl. The van der Waals surface area contributed by atoms with Gasteiger partial charge >= 0.3 is 0 Å². The second kappa shape index (κ2) is 6.33. The molecule has 0 radical (unpaired) electrons. The number of carbonyl (C=O) groups is 1. The molecular weight excluding hydrogens is 295 g/mol. The molecule has 0 spiro atoms. The van der Waals surface area contributed by atoms with Crippen molar-refractivity contribution in [2.24, 2.45) is 0 Å². The molecule has 1 atom stereocenters. The van der Waals surface area contributed by atoms with Crippen LogP contribution in [0.3, 0.4) is 0 Å². The Morgan fingerprint density at radius 1 is 1.40 bits per heavy atom. The minimum atomic E-state index is 0.0322. The van der Waals surface area contributed by atoms with E-state index in [1.54, 1.807) is 12.1 Å². The maximum Gasteiger partial charge on any atom is 0.254 e. The average Bonchev–Trinajstić information content (AvgIpc) is 2.89. The van der Waals surface area contributed by atoms with E-state index in [2.05, 4.69) is 5.32 Å². The fraction of sp³-hybridized carbons (Fsp3) is 0.533. The van der Waals surface area contributed by atoms with Crippen LogP contribution >= 0.6 is 23.2 Å². The zero-order valence-electron chi connectivity index (χ0n) is 12.0. The Balaban J connectivity index is 2.35. The molecule has 1 heterocycles. The number of nitrogens with one attached hydrogen (secondary N) is 1. The second-order valence-corrected chi connectivity index (χ2v) is 6.27. The Morgan fingerprint density at radius 2 is 2.10 bits per heavy atom. The summed E-state index contributed by atoms with van der Waals surface area (Å²) in [7, 11) is 0. The van der Waals surface area contributed by atoms with E-state index in [4.69, 9.17) is 23.2 Å². The number of halogens is 2. The Bertz CT molecular complexity index is 511. The first-order valence-corrected chi connectivity index (χ1v) is 7.67. The smallest absolute Gasteiger partial charge is 0.254 e. The van der Waals surface area contributed by atoms with Crippen LogP contribution in [0, 0.1) is 6.92 Å². The van der Waals surface area contributed by atoms with Crippen molar-refractivity contribution < 1.29 is 4.79 Å². The van der Waals surface area contributed by atoms with Gasteiger partial charge in [0.05, 0.1) is 10.0 Å². The summed E-state index contributed by atoms with van der Waals surface area (Å²) in [6, 6.07) is 3.86. The molecule has 5 heteroatoms. The number of rotatable bonds is 3. The number of nitrogens with zero attached hydrogens (tertiary/aromatic N) is 1. The molecule has 1 aliphatic heterocycles. The molecule has 1 aromatic rings. The highest BCUT2D eigenvalue weighted by atomic mass is 35.5. The first-order chi connectivity index (χ1) is 9.43. The fourth-order valence-corrected chi connectivity index (χ4v) is 3.09. The summed E-state index contributed by atoms with van der Waals surface area (Å²) in [5.41, 5.74) is 1.39. The van der Waals surface area contributed by atoms with Gasteiger partial charge in [0.25, 0.3) is 5.91 Å². The van der Waals surface area contributed by atoms with Crippen LogP contribution in [-0.2, 0) is 0 Å². The zero-order chi connectivity index (χ0) is 14.9. The van der Waals surface area contributed by atoms with Gasteiger partial charge < -0.3 is 10.2 Å². The van der Waals surface area contributed by atoms with Gasteiger partial charge in [0.15, 0.2) is 0 Å². The van der Waals surface area contributed by atoms with Crippen molar-refractivity contribution in [2.45, 2.75) is 39.3 Å². The minimum absolute atomic E-state index is 0.0322. The molecule has 1 saturated heterocycles. The number of carbonyl (C=O) groups excluding carboxylic acids is 1. The summed E-state index contributed by atoms with van der Waals surface area (Å²) < 4.78 is 0. The molecule has 1 unspecified atom stereocenters. The Morgan fingerprint density at radius 3 is 2.65 bits per heavy atom. The fourth-order valence-electron chi connectivity index (χ4n) is 2.72. The summed E-state index contributed by atoms with van der Waals surface area (Å²) in [4.78, 5) is 14.8. The van der Waals surface area contributed by atoms with Gasteiger partial charge in [0.2, 0.25) is 0 Å². The number of hydrogen-bond acceptors (Lipinski definition) is 2. The maximum atomic E-state index is 12.9. The number of hydrogen-bond donors (Lipinski definition) is 1. The van der Waals surface area contributed by atoms with E-state index < -0.39 is 0 Å². The number of amides is 1. The van der Waals surface area contributed by atoms with Crippen molar-refractivity contribution in [3.8, 4) is 0 Å². The topological polar surface area (TPSA) is 32.3 Å². The summed E-state index contributed by atoms with van der Waals surface area (Å²) in [6.07, 6.45) is 0.990. The first kappa shape index (κ1) is 15.6. The monoisotopic (exact) mass is 314 g/mol. The summed E-state index contributed by atoms with van der Waals surface area (Å²) in [5, 5.41) is 4.26. The summed E-state index contributed by atoms with van der Waals surface area (Å²) in [6.45, 7) is 7.74. The molecule has 0 bridgehead atoms. The lowest BCUT2D eigenvalue weighted by Crippen LogP contribution is -2.46. The van der Waals surface area contributed by atoms with E-state index >= 15 is 0 Å². The highest BCUT2D eigenvalue weighted by molar-refractivity contribution is 6.42. The first-order valence-electron chi connectivity index (χ1n) is 6.91. The molecule has 1 N–H and O–H groups in total. The second-order valence-electron chi connectivity index (χ2n) is 5.49. The number of benzene rings is 1. The molecule has 1 fully saturated rings. The largest absolute Gasteiger partial charge is 0.332 e. The Hall–Kier alpha value is -0.770. The Kier molecular flexibility index (Phi) is 4.95. The molecule has 1 amide bonds. The molecular formula is C15H20Cl2N2O. The molecule has 2 rings (SSSR count). The van der Waals surface area contributed by atoms with Crippen molar-refractivity contribution in [2.75, 3.05) is 13.1 Å². The third-order valence-electron chi connectivity index (χ3n) is 3.79. The predicted octanol–water partition coefficient (Wildman–Crippen LogP) is 3.51. The highest BCUT2D eigenvalue weighted by Gasteiger charge is 2.30. The van der Waals surface area contributed by atoms with E-state index in [9.17, 15) is 4.79 Å². The van der Waals surface area contributed by atoms with Crippen molar-refractivity contribution in [3.63, 3.8) is 0 Å². The van der Waals surface area contributed by atoms with Gasteiger partial charge in [-0.1, -0.05) is 23.2 Å². The van der Waals surface area contributed by atoms with Crippen molar-refractivity contribution >= 4 is 29.1 Å². The molecule has 1 aliphatic rings. The van der Waals surface area contributed by atoms with Crippen LogP contribution in [0.25, 0.3) is 0 Å². The van der Waals surface area contributed by atoms with Crippen LogP contribution in [0.2, 0.25) is 10.0 Å². The minimum Gasteiger partial charge on any atom is -0.332 e. The van der Waals surface area contributed by atoms with Crippen molar-refractivity contribution in [1.29, 1.82) is 0 Å². The average molecular weight is 315 g/mol. The summed E-state index contributed by atoms with van der Waals surface area (Å²) >= 11 is 12.1. The van der Waals surface area contributed by atoms with Crippen molar-refractivity contribution in [3.05, 3.63) is 33.3 Å².